The van der Waals surface area contributed by atoms with E-state index in [4.69, 9.17) is 5.11 Å². The third kappa shape index (κ3) is 2.11. The number of nitriles is 1. The predicted octanol–water partition coefficient (Wildman–Crippen LogP) is 2.34. The Balaban J connectivity index is 2.17. The number of rotatable bonds is 4. The standard InChI is InChI=1S/C17H12N2O3/c18-9-13-16(19-8-7-14(20)21)11-5-1-3-10-4-2-6-12(15(10)11)17(13)22/h1-6,19H,7-8H2,(H,20,21). The molecular formula is C17H12N2O3. The van der Waals surface area contributed by atoms with Crippen LogP contribution in [0.4, 0.5) is 0 Å². The van der Waals surface area contributed by atoms with Crippen LogP contribution in [0, 0.1) is 11.3 Å². The Hall–Kier alpha value is -3.13. The van der Waals surface area contributed by atoms with Gasteiger partial charge < -0.3 is 10.4 Å². The molecule has 5 heteroatoms. The Morgan fingerprint density at radius 2 is 1.86 bits per heavy atom. The van der Waals surface area contributed by atoms with Crippen molar-refractivity contribution in [2.45, 2.75) is 6.42 Å². The van der Waals surface area contributed by atoms with E-state index < -0.39 is 5.97 Å². The zero-order valence-electron chi connectivity index (χ0n) is 11.6. The van der Waals surface area contributed by atoms with Gasteiger partial charge in [0.1, 0.15) is 11.6 Å². The quantitative estimate of drug-likeness (QED) is 0.902. The van der Waals surface area contributed by atoms with Crippen LogP contribution in [-0.2, 0) is 4.79 Å². The van der Waals surface area contributed by atoms with Crippen LogP contribution in [0.25, 0.3) is 16.5 Å². The monoisotopic (exact) mass is 292 g/mol. The van der Waals surface area contributed by atoms with Gasteiger partial charge in [-0.2, -0.15) is 5.26 Å². The Bertz CT molecular complexity index is 870. The fraction of sp³-hybridized carbons (Fsp3) is 0.118. The normalized spacial score (nSPS) is 13.1. The van der Waals surface area contributed by atoms with Gasteiger partial charge in [0.2, 0.25) is 5.78 Å². The molecule has 0 bridgehead atoms. The molecule has 0 spiro atoms. The van der Waals surface area contributed by atoms with Crippen LogP contribution < -0.4 is 5.32 Å². The Labute approximate surface area is 126 Å². The van der Waals surface area contributed by atoms with Crippen molar-refractivity contribution in [3.8, 4) is 6.07 Å². The smallest absolute Gasteiger partial charge is 0.305 e. The molecule has 0 aliphatic heterocycles. The lowest BCUT2D eigenvalue weighted by atomic mass is 9.86. The molecule has 0 aromatic heterocycles. The molecule has 22 heavy (non-hydrogen) atoms. The van der Waals surface area contributed by atoms with Gasteiger partial charge in [-0.3, -0.25) is 9.59 Å². The minimum Gasteiger partial charge on any atom is -0.481 e. The lowest BCUT2D eigenvalue weighted by molar-refractivity contribution is -0.136. The molecule has 0 amide bonds. The molecule has 0 atom stereocenters. The van der Waals surface area contributed by atoms with Gasteiger partial charge in [0.15, 0.2) is 0 Å². The second-order valence-electron chi connectivity index (χ2n) is 4.97. The van der Waals surface area contributed by atoms with Crippen LogP contribution in [0.15, 0.2) is 42.0 Å². The van der Waals surface area contributed by atoms with Gasteiger partial charge in [0.05, 0.1) is 12.1 Å². The summed E-state index contributed by atoms with van der Waals surface area (Å²) in [5, 5.41) is 22.7. The summed E-state index contributed by atoms with van der Waals surface area (Å²) in [7, 11) is 0. The lowest BCUT2D eigenvalue weighted by Gasteiger charge is -2.21. The first kappa shape index (κ1) is 13.8. The summed E-state index contributed by atoms with van der Waals surface area (Å²) in [4.78, 5) is 23.2. The molecule has 5 nitrogen and oxygen atoms in total. The average molecular weight is 292 g/mol. The molecule has 3 rings (SSSR count). The van der Waals surface area contributed by atoms with Gasteiger partial charge in [0.25, 0.3) is 0 Å². The zero-order valence-corrected chi connectivity index (χ0v) is 11.6. The van der Waals surface area contributed by atoms with Crippen LogP contribution in [0.2, 0.25) is 0 Å². The van der Waals surface area contributed by atoms with E-state index in [-0.39, 0.29) is 24.3 Å². The number of Topliss-reactive ketones (excluding diaryl/α,β-unsaturated/α-hetero) is 1. The number of carboxylic acids is 1. The number of nitrogens with one attached hydrogen (secondary N) is 1. The number of carbonyl (C=O) groups is 2. The highest BCUT2D eigenvalue weighted by molar-refractivity contribution is 6.26. The summed E-state index contributed by atoms with van der Waals surface area (Å²) in [6, 6.07) is 12.9. The fourth-order valence-corrected chi connectivity index (χ4v) is 2.71. The molecule has 0 saturated carbocycles. The molecule has 1 aliphatic carbocycles. The highest BCUT2D eigenvalue weighted by Gasteiger charge is 2.27. The first-order valence-corrected chi connectivity index (χ1v) is 6.80. The summed E-state index contributed by atoms with van der Waals surface area (Å²) in [5.41, 5.74) is 1.71. The minimum atomic E-state index is -0.938. The molecular weight excluding hydrogens is 280 g/mol. The van der Waals surface area contributed by atoms with Crippen LogP contribution in [0.3, 0.4) is 0 Å². The number of carbonyl (C=O) groups excluding carboxylic acids is 1. The number of hydrogen-bond acceptors (Lipinski definition) is 4. The van der Waals surface area contributed by atoms with Crippen molar-refractivity contribution in [3.63, 3.8) is 0 Å². The molecule has 0 radical (unpaired) electrons. The third-order valence-corrected chi connectivity index (χ3v) is 3.65. The van der Waals surface area contributed by atoms with Gasteiger partial charge in [-0.25, -0.2) is 0 Å². The van der Waals surface area contributed by atoms with Gasteiger partial charge in [-0.15, -0.1) is 0 Å². The van der Waals surface area contributed by atoms with Crippen molar-refractivity contribution in [2.75, 3.05) is 6.54 Å². The highest BCUT2D eigenvalue weighted by atomic mass is 16.4. The van der Waals surface area contributed by atoms with Crippen molar-refractivity contribution in [2.24, 2.45) is 0 Å². The van der Waals surface area contributed by atoms with Crippen molar-refractivity contribution in [1.29, 1.82) is 5.26 Å². The van der Waals surface area contributed by atoms with Gasteiger partial charge >= 0.3 is 5.97 Å². The molecule has 0 fully saturated rings. The van der Waals surface area contributed by atoms with Crippen LogP contribution in [-0.4, -0.2) is 23.4 Å². The summed E-state index contributed by atoms with van der Waals surface area (Å²) in [5.74, 6) is -1.27. The van der Waals surface area contributed by atoms with E-state index in [1.165, 1.54) is 0 Å². The summed E-state index contributed by atoms with van der Waals surface area (Å²) >= 11 is 0. The number of ketones is 1. The fourth-order valence-electron chi connectivity index (χ4n) is 2.71. The predicted molar refractivity (Wildman–Crippen MR) is 81.1 cm³/mol. The van der Waals surface area contributed by atoms with Crippen molar-refractivity contribution < 1.29 is 14.7 Å². The average Bonchev–Trinajstić information content (AvgIpc) is 2.51. The van der Waals surface area contributed by atoms with Crippen LogP contribution >= 0.6 is 0 Å². The van der Waals surface area contributed by atoms with Crippen LogP contribution in [0.5, 0.6) is 0 Å². The third-order valence-electron chi connectivity index (χ3n) is 3.65. The summed E-state index contributed by atoms with van der Waals surface area (Å²) < 4.78 is 0. The molecule has 2 N–H and O–H groups in total. The van der Waals surface area contributed by atoms with E-state index in [1.807, 2.05) is 30.3 Å². The molecule has 2 aromatic rings. The zero-order chi connectivity index (χ0) is 15.7. The maximum Gasteiger partial charge on any atom is 0.305 e. The molecule has 0 heterocycles. The SMILES string of the molecule is N#CC1=C(NCCC(=O)O)c2cccc3cccc(c23)C1=O. The van der Waals surface area contributed by atoms with E-state index in [1.54, 1.807) is 12.1 Å². The highest BCUT2D eigenvalue weighted by Crippen LogP contribution is 2.34. The van der Waals surface area contributed by atoms with E-state index in [9.17, 15) is 14.9 Å². The van der Waals surface area contributed by atoms with Gasteiger partial charge in [-0.1, -0.05) is 36.4 Å². The van der Waals surface area contributed by atoms with E-state index >= 15 is 0 Å². The molecule has 1 aliphatic rings. The minimum absolute atomic E-state index is 0.0246. The van der Waals surface area contributed by atoms with Gasteiger partial charge in [-0.05, 0) is 5.39 Å². The Morgan fingerprint density at radius 3 is 2.50 bits per heavy atom. The number of carboxylic acid groups (broad SMARTS) is 1. The van der Waals surface area contributed by atoms with E-state index in [0.717, 1.165) is 16.3 Å². The molecule has 2 aromatic carbocycles. The van der Waals surface area contributed by atoms with E-state index in [0.29, 0.717) is 11.3 Å². The first-order chi connectivity index (χ1) is 10.6. The topological polar surface area (TPSA) is 90.2 Å². The number of allylic oxidation sites excluding steroid dienone is 1. The second-order valence-corrected chi connectivity index (χ2v) is 4.97. The van der Waals surface area contributed by atoms with Crippen molar-refractivity contribution in [1.82, 2.24) is 5.32 Å². The number of aliphatic carboxylic acids is 1. The first-order valence-electron chi connectivity index (χ1n) is 6.80. The molecule has 0 saturated heterocycles. The Kier molecular flexibility index (Phi) is 3.36. The van der Waals surface area contributed by atoms with Crippen molar-refractivity contribution in [3.05, 3.63) is 53.1 Å². The molecule has 108 valence electrons. The largest absolute Gasteiger partial charge is 0.481 e. The lowest BCUT2D eigenvalue weighted by Crippen LogP contribution is -2.23. The maximum atomic E-state index is 12.5. The van der Waals surface area contributed by atoms with E-state index in [2.05, 4.69) is 5.32 Å². The Morgan fingerprint density at radius 1 is 1.18 bits per heavy atom. The van der Waals surface area contributed by atoms with Crippen molar-refractivity contribution >= 4 is 28.2 Å². The second kappa shape index (κ2) is 5.34. The summed E-state index contributed by atoms with van der Waals surface area (Å²) in [6.07, 6.45) is -0.0893. The van der Waals surface area contributed by atoms with Crippen LogP contribution in [0.1, 0.15) is 22.3 Å². The maximum absolute atomic E-state index is 12.5. The number of benzene rings is 2. The number of hydrogen-bond donors (Lipinski definition) is 2. The van der Waals surface area contributed by atoms with Gasteiger partial charge in [0, 0.05) is 23.1 Å². The molecule has 0 unspecified atom stereocenters. The number of nitrogens with zero attached hydrogens (tertiary/aromatic N) is 1. The summed E-state index contributed by atoms with van der Waals surface area (Å²) in [6.45, 7) is 0.154.